The van der Waals surface area contributed by atoms with Crippen molar-refractivity contribution in [2.75, 3.05) is 26.2 Å². The van der Waals surface area contributed by atoms with Gasteiger partial charge in [0.15, 0.2) is 0 Å². The molecule has 1 aliphatic heterocycles. The largest absolute Gasteiger partial charge is 0.435 e. The topological polar surface area (TPSA) is 52.9 Å². The van der Waals surface area contributed by atoms with Gasteiger partial charge in [-0.25, -0.2) is 0 Å². The van der Waals surface area contributed by atoms with E-state index in [0.717, 1.165) is 32.4 Å². The molecule has 0 amide bonds. The molecule has 2 rings (SSSR count). The summed E-state index contributed by atoms with van der Waals surface area (Å²) in [5.41, 5.74) is 0.705. The Morgan fingerprint density at radius 3 is 2.30 bits per heavy atom. The van der Waals surface area contributed by atoms with E-state index in [1.54, 1.807) is 12.1 Å². The minimum Gasteiger partial charge on any atom is -0.435 e. The number of likely N-dealkylation sites (tertiary alicyclic amines) is 1. The first-order valence-electron chi connectivity index (χ1n) is 8.04. The van der Waals surface area contributed by atoms with Crippen LogP contribution in [0.15, 0.2) is 24.3 Å². The number of piperidine rings is 1. The quantitative estimate of drug-likeness (QED) is 0.808. The van der Waals surface area contributed by atoms with Gasteiger partial charge in [0.1, 0.15) is 5.75 Å². The van der Waals surface area contributed by atoms with Crippen LogP contribution in [-0.2, 0) is 0 Å². The molecule has 0 spiro atoms. The second-order valence-corrected chi connectivity index (χ2v) is 6.28. The van der Waals surface area contributed by atoms with Crippen LogP contribution in [0.25, 0.3) is 0 Å². The minimum absolute atomic E-state index is 0.0235. The molecule has 1 aliphatic rings. The maximum Gasteiger partial charge on any atom is 0.387 e. The molecule has 0 aromatic heterocycles. The number of hydrogen-bond donors (Lipinski definition) is 2. The van der Waals surface area contributed by atoms with Crippen molar-refractivity contribution in [3.05, 3.63) is 29.8 Å². The van der Waals surface area contributed by atoms with Crippen molar-refractivity contribution in [1.29, 1.82) is 0 Å². The first kappa shape index (κ1) is 18.1. The van der Waals surface area contributed by atoms with Gasteiger partial charge in [0.2, 0.25) is 0 Å². The lowest BCUT2D eigenvalue weighted by atomic mass is 9.77. The summed E-state index contributed by atoms with van der Waals surface area (Å²) < 4.78 is 28.5. The minimum atomic E-state index is -2.84. The van der Waals surface area contributed by atoms with E-state index in [9.17, 15) is 19.0 Å². The fourth-order valence-electron chi connectivity index (χ4n) is 3.05. The molecule has 1 heterocycles. The molecular weight excluding hydrogens is 304 g/mol. The normalized spacial score (nSPS) is 19.7. The number of benzene rings is 1. The van der Waals surface area contributed by atoms with Crippen molar-refractivity contribution in [1.82, 2.24) is 4.90 Å². The van der Waals surface area contributed by atoms with Crippen molar-refractivity contribution in [3.63, 3.8) is 0 Å². The van der Waals surface area contributed by atoms with E-state index < -0.39 is 12.7 Å². The van der Waals surface area contributed by atoms with Crippen LogP contribution in [0, 0.1) is 5.41 Å². The zero-order chi connectivity index (χ0) is 16.9. The lowest BCUT2D eigenvalue weighted by Crippen LogP contribution is -2.43. The second-order valence-electron chi connectivity index (χ2n) is 6.28. The highest BCUT2D eigenvalue weighted by molar-refractivity contribution is 5.28. The van der Waals surface area contributed by atoms with E-state index in [-0.39, 0.29) is 17.8 Å². The van der Waals surface area contributed by atoms with Crippen LogP contribution in [-0.4, -0.2) is 48.0 Å². The van der Waals surface area contributed by atoms with Crippen LogP contribution in [0.5, 0.6) is 5.75 Å². The van der Waals surface area contributed by atoms with Crippen LogP contribution < -0.4 is 4.74 Å². The highest BCUT2D eigenvalue weighted by Crippen LogP contribution is 2.34. The van der Waals surface area contributed by atoms with Crippen molar-refractivity contribution >= 4 is 0 Å². The summed E-state index contributed by atoms with van der Waals surface area (Å²) in [4.78, 5) is 2.18. The van der Waals surface area contributed by atoms with Gasteiger partial charge in [0.25, 0.3) is 0 Å². The van der Waals surface area contributed by atoms with Crippen LogP contribution >= 0.6 is 0 Å². The van der Waals surface area contributed by atoms with Gasteiger partial charge < -0.3 is 19.8 Å². The highest BCUT2D eigenvalue weighted by atomic mass is 19.3. The van der Waals surface area contributed by atoms with Gasteiger partial charge in [-0.1, -0.05) is 19.1 Å². The third kappa shape index (κ3) is 4.86. The number of rotatable bonds is 7. The zero-order valence-electron chi connectivity index (χ0n) is 13.4. The monoisotopic (exact) mass is 329 g/mol. The van der Waals surface area contributed by atoms with Crippen LogP contribution in [0.3, 0.4) is 0 Å². The molecule has 1 unspecified atom stereocenters. The van der Waals surface area contributed by atoms with E-state index in [1.165, 1.54) is 12.1 Å². The first-order chi connectivity index (χ1) is 11.0. The molecule has 4 nitrogen and oxygen atoms in total. The number of hydrogen-bond acceptors (Lipinski definition) is 4. The molecule has 23 heavy (non-hydrogen) atoms. The summed E-state index contributed by atoms with van der Waals surface area (Å²) in [5, 5.41) is 19.9. The van der Waals surface area contributed by atoms with E-state index in [0.29, 0.717) is 12.1 Å². The van der Waals surface area contributed by atoms with Gasteiger partial charge in [-0.05, 0) is 55.5 Å². The second kappa shape index (κ2) is 8.04. The molecule has 1 aromatic rings. The van der Waals surface area contributed by atoms with Gasteiger partial charge in [-0.15, -0.1) is 0 Å². The number of β-amino-alcohol motifs (C(OH)–C–C–N with tert-alkyl or cyclic N) is 1. The zero-order valence-corrected chi connectivity index (χ0v) is 13.4. The first-order valence-corrected chi connectivity index (χ1v) is 8.04. The van der Waals surface area contributed by atoms with Crippen molar-refractivity contribution in [2.24, 2.45) is 5.41 Å². The average Bonchev–Trinajstić information content (AvgIpc) is 2.56. The maximum absolute atomic E-state index is 12.1. The summed E-state index contributed by atoms with van der Waals surface area (Å²) >= 11 is 0. The number of nitrogens with zero attached hydrogens (tertiary/aromatic N) is 1. The molecular formula is C17H25F2NO3. The summed E-state index contributed by atoms with van der Waals surface area (Å²) in [6, 6.07) is 6.09. The smallest absolute Gasteiger partial charge is 0.387 e. The predicted molar refractivity (Wildman–Crippen MR) is 83.5 cm³/mol. The Bertz CT molecular complexity index is 467. The van der Waals surface area contributed by atoms with Crippen molar-refractivity contribution < 1.29 is 23.7 Å². The lowest BCUT2D eigenvalue weighted by Gasteiger charge is -2.40. The Kier molecular flexibility index (Phi) is 6.33. The number of ether oxygens (including phenoxy) is 1. The molecule has 2 N–H and O–H groups in total. The average molecular weight is 329 g/mol. The lowest BCUT2D eigenvalue weighted by molar-refractivity contribution is -0.0498. The molecule has 1 aromatic carbocycles. The molecule has 1 saturated heterocycles. The van der Waals surface area contributed by atoms with E-state index in [2.05, 4.69) is 16.6 Å². The SMILES string of the molecule is CCC1(CO)CCN(CC(O)c2ccc(OC(F)F)cc2)CC1. The Morgan fingerprint density at radius 2 is 1.83 bits per heavy atom. The molecule has 1 fully saturated rings. The number of aliphatic hydroxyl groups excluding tert-OH is 2. The number of halogens is 2. The van der Waals surface area contributed by atoms with Crippen molar-refractivity contribution in [3.8, 4) is 5.75 Å². The molecule has 6 heteroatoms. The van der Waals surface area contributed by atoms with E-state index in [4.69, 9.17) is 0 Å². The molecule has 0 saturated carbocycles. The highest BCUT2D eigenvalue weighted by Gasteiger charge is 2.32. The number of alkyl halides is 2. The third-order valence-electron chi connectivity index (χ3n) is 4.92. The van der Waals surface area contributed by atoms with E-state index in [1.807, 2.05) is 0 Å². The summed E-state index contributed by atoms with van der Waals surface area (Å²) in [6.07, 6.45) is 2.15. The van der Waals surface area contributed by atoms with Gasteiger partial charge in [0, 0.05) is 13.2 Å². The van der Waals surface area contributed by atoms with Gasteiger partial charge in [-0.2, -0.15) is 8.78 Å². The summed E-state index contributed by atoms with van der Waals surface area (Å²) in [6.45, 7) is 1.66. The van der Waals surface area contributed by atoms with Gasteiger partial charge in [0.05, 0.1) is 6.10 Å². The van der Waals surface area contributed by atoms with Gasteiger partial charge in [-0.3, -0.25) is 0 Å². The molecule has 130 valence electrons. The fraction of sp³-hybridized carbons (Fsp3) is 0.647. The Balaban J connectivity index is 1.86. The number of aliphatic hydroxyl groups is 2. The molecule has 0 aliphatic carbocycles. The van der Waals surface area contributed by atoms with Crippen molar-refractivity contribution in [2.45, 2.75) is 38.9 Å². The Hall–Kier alpha value is -1.24. The summed E-state index contributed by atoms with van der Waals surface area (Å²) in [5.74, 6) is 0.0876. The Morgan fingerprint density at radius 1 is 1.22 bits per heavy atom. The third-order valence-corrected chi connectivity index (χ3v) is 4.92. The predicted octanol–water partition coefficient (Wildman–Crippen LogP) is 2.81. The van der Waals surface area contributed by atoms with Crippen LogP contribution in [0.4, 0.5) is 8.78 Å². The molecule has 1 atom stereocenters. The van der Waals surface area contributed by atoms with Gasteiger partial charge >= 0.3 is 6.61 Å². The van der Waals surface area contributed by atoms with Crippen LogP contribution in [0.1, 0.15) is 37.9 Å². The standard InChI is InChI=1S/C17H25F2NO3/c1-2-17(12-21)7-9-20(10-8-17)11-15(22)13-3-5-14(6-4-13)23-16(18)19/h3-6,15-16,21-22H,2,7-12H2,1H3. The van der Waals surface area contributed by atoms with E-state index >= 15 is 0 Å². The summed E-state index contributed by atoms with van der Waals surface area (Å²) in [7, 11) is 0. The van der Waals surface area contributed by atoms with Crippen LogP contribution in [0.2, 0.25) is 0 Å². The maximum atomic E-state index is 12.1. The fourth-order valence-corrected chi connectivity index (χ4v) is 3.05. The Labute approximate surface area is 135 Å². The molecule has 0 radical (unpaired) electrons. The molecule has 0 bridgehead atoms.